The van der Waals surface area contributed by atoms with Gasteiger partial charge in [0.25, 0.3) is 5.91 Å². The minimum Gasteiger partial charge on any atom is -0.497 e. The van der Waals surface area contributed by atoms with Crippen molar-refractivity contribution < 1.29 is 18.7 Å². The second-order valence-corrected chi connectivity index (χ2v) is 10.3. The lowest BCUT2D eigenvalue weighted by Crippen LogP contribution is -2.44. The topological polar surface area (TPSA) is 54.8 Å². The van der Waals surface area contributed by atoms with E-state index in [1.165, 1.54) is 12.1 Å². The smallest absolute Gasteiger partial charge is 0.254 e. The van der Waals surface area contributed by atoms with Crippen LogP contribution in [0, 0.1) is 11.7 Å². The van der Waals surface area contributed by atoms with Gasteiger partial charge in [0, 0.05) is 37.1 Å². The highest BCUT2D eigenvalue weighted by Crippen LogP contribution is 2.18. The van der Waals surface area contributed by atoms with Gasteiger partial charge in [0.05, 0.1) is 13.7 Å². The van der Waals surface area contributed by atoms with Gasteiger partial charge in [0.1, 0.15) is 18.1 Å². The van der Waals surface area contributed by atoms with Gasteiger partial charge in [0.2, 0.25) is 5.91 Å². The summed E-state index contributed by atoms with van der Waals surface area (Å²) in [4.78, 5) is 30.8. The number of hydrogen-bond acceptors (Lipinski definition) is 3. The summed E-state index contributed by atoms with van der Waals surface area (Å²) < 4.78 is 20.8. The first kappa shape index (κ1) is 28.6. The number of methoxy groups -OCH3 is 1. The van der Waals surface area contributed by atoms with E-state index in [-0.39, 0.29) is 30.1 Å². The maximum Gasteiger partial charge on any atom is 0.254 e. The Morgan fingerprint density at radius 3 is 2.30 bits per heavy atom. The van der Waals surface area contributed by atoms with E-state index in [0.29, 0.717) is 37.5 Å². The number of ether oxygens (including phenoxy) is 1. The minimum absolute atomic E-state index is 0.0419. The Morgan fingerprint density at radius 1 is 0.850 bits per heavy atom. The van der Waals surface area contributed by atoms with Gasteiger partial charge in [-0.05, 0) is 59.5 Å². The minimum atomic E-state index is -0.273. The Hall–Kier alpha value is -4.39. The highest BCUT2D eigenvalue weighted by atomic mass is 19.1. The summed E-state index contributed by atoms with van der Waals surface area (Å²) in [7, 11) is 1.56. The average Bonchev–Trinajstić information content (AvgIpc) is 3.39. The van der Waals surface area contributed by atoms with Crippen LogP contribution in [0.4, 0.5) is 4.39 Å². The largest absolute Gasteiger partial charge is 0.497 e. The molecule has 40 heavy (non-hydrogen) atoms. The fourth-order valence-electron chi connectivity index (χ4n) is 4.63. The highest BCUT2D eigenvalue weighted by Gasteiger charge is 2.24. The van der Waals surface area contributed by atoms with E-state index >= 15 is 0 Å². The Morgan fingerprint density at radius 2 is 1.60 bits per heavy atom. The zero-order valence-electron chi connectivity index (χ0n) is 23.3. The molecule has 6 nitrogen and oxygen atoms in total. The second-order valence-electron chi connectivity index (χ2n) is 10.3. The van der Waals surface area contributed by atoms with E-state index in [0.717, 1.165) is 16.8 Å². The fourth-order valence-corrected chi connectivity index (χ4v) is 4.63. The van der Waals surface area contributed by atoms with Crippen molar-refractivity contribution in [3.05, 3.63) is 125 Å². The third-order valence-electron chi connectivity index (χ3n) is 6.63. The van der Waals surface area contributed by atoms with E-state index < -0.39 is 0 Å². The Kier molecular flexibility index (Phi) is 9.73. The third-order valence-corrected chi connectivity index (χ3v) is 6.63. The summed E-state index contributed by atoms with van der Waals surface area (Å²) in [6.45, 7) is 5.79. The highest BCUT2D eigenvalue weighted by molar-refractivity contribution is 5.96. The summed E-state index contributed by atoms with van der Waals surface area (Å²) >= 11 is 0. The molecule has 0 saturated carbocycles. The van der Waals surface area contributed by atoms with E-state index in [1.54, 1.807) is 53.3 Å². The number of amides is 2. The molecule has 0 atom stereocenters. The van der Waals surface area contributed by atoms with Crippen LogP contribution < -0.4 is 4.74 Å². The lowest BCUT2D eigenvalue weighted by molar-refractivity contribution is -0.133. The van der Waals surface area contributed by atoms with Crippen LogP contribution >= 0.6 is 0 Å². The van der Waals surface area contributed by atoms with E-state index in [4.69, 9.17) is 4.74 Å². The first-order valence-corrected chi connectivity index (χ1v) is 13.5. The normalized spacial score (nSPS) is 10.9. The van der Waals surface area contributed by atoms with Crippen molar-refractivity contribution in [2.75, 3.05) is 20.2 Å². The molecule has 3 aromatic carbocycles. The molecule has 0 aliphatic rings. The monoisotopic (exact) mass is 541 g/mol. The molecule has 0 spiro atoms. The van der Waals surface area contributed by atoms with Crippen LogP contribution in [0.5, 0.6) is 5.75 Å². The number of nitrogens with zero attached hydrogens (tertiary/aromatic N) is 3. The standard InChI is InChI=1S/C33H36FN3O3/c1-25(2)20-37(33(39)28-11-7-13-31(19-28)40-3)24-32(38)36(22-26-9-5-4-6-10-26)23-30-12-8-18-35(30)21-27-14-16-29(34)17-15-27/h4-19,25H,20-24H2,1-3H3. The second kappa shape index (κ2) is 13.6. The summed E-state index contributed by atoms with van der Waals surface area (Å²) in [5.74, 6) is 0.147. The molecule has 2 amide bonds. The molecule has 1 aromatic heterocycles. The number of halogens is 1. The zero-order chi connectivity index (χ0) is 28.5. The van der Waals surface area contributed by atoms with Gasteiger partial charge in [-0.1, -0.05) is 62.4 Å². The molecule has 0 unspecified atom stereocenters. The maximum absolute atomic E-state index is 13.9. The van der Waals surface area contributed by atoms with Gasteiger partial charge in [-0.3, -0.25) is 9.59 Å². The molecule has 4 rings (SSSR count). The first-order valence-electron chi connectivity index (χ1n) is 13.5. The lowest BCUT2D eigenvalue weighted by atomic mass is 10.1. The predicted molar refractivity (Wildman–Crippen MR) is 154 cm³/mol. The van der Waals surface area contributed by atoms with Crippen LogP contribution in [0.1, 0.15) is 41.0 Å². The SMILES string of the molecule is COc1cccc(C(=O)N(CC(=O)N(Cc2ccccc2)Cc2cccn2Cc2ccc(F)cc2)CC(C)C)c1. The van der Waals surface area contributed by atoms with Gasteiger partial charge in [-0.25, -0.2) is 4.39 Å². The number of aromatic nitrogens is 1. The van der Waals surface area contributed by atoms with Crippen LogP contribution in [0.3, 0.4) is 0 Å². The van der Waals surface area contributed by atoms with E-state index in [2.05, 4.69) is 4.57 Å². The summed E-state index contributed by atoms with van der Waals surface area (Å²) in [5, 5.41) is 0. The average molecular weight is 542 g/mol. The molecule has 1 heterocycles. The van der Waals surface area contributed by atoms with Crippen molar-refractivity contribution in [2.24, 2.45) is 5.92 Å². The fraction of sp³-hybridized carbons (Fsp3) is 0.273. The third kappa shape index (κ3) is 7.82. The zero-order valence-corrected chi connectivity index (χ0v) is 23.3. The Bertz CT molecular complexity index is 1400. The van der Waals surface area contributed by atoms with Gasteiger partial charge in [-0.15, -0.1) is 0 Å². The molecular weight excluding hydrogens is 505 g/mol. The van der Waals surface area contributed by atoms with Crippen LogP contribution in [0.2, 0.25) is 0 Å². The Labute approximate surface area is 235 Å². The first-order chi connectivity index (χ1) is 19.3. The van der Waals surface area contributed by atoms with E-state index in [1.807, 2.05) is 62.5 Å². The van der Waals surface area contributed by atoms with Crippen LogP contribution in [0.15, 0.2) is 97.2 Å². The molecular formula is C33H36FN3O3. The Balaban J connectivity index is 1.57. The molecule has 0 bridgehead atoms. The molecule has 0 N–H and O–H groups in total. The van der Waals surface area contributed by atoms with Crippen molar-refractivity contribution >= 4 is 11.8 Å². The van der Waals surface area contributed by atoms with Gasteiger partial charge < -0.3 is 19.1 Å². The quantitative estimate of drug-likeness (QED) is 0.221. The predicted octanol–water partition coefficient (Wildman–Crippen LogP) is 6.01. The van der Waals surface area contributed by atoms with Crippen molar-refractivity contribution in [1.29, 1.82) is 0 Å². The summed E-state index contributed by atoms with van der Waals surface area (Å²) in [6, 6.07) is 27.2. The summed E-state index contributed by atoms with van der Waals surface area (Å²) in [6.07, 6.45) is 1.96. The van der Waals surface area contributed by atoms with Gasteiger partial charge >= 0.3 is 0 Å². The van der Waals surface area contributed by atoms with Crippen LogP contribution in [0.25, 0.3) is 0 Å². The van der Waals surface area contributed by atoms with Gasteiger partial charge in [-0.2, -0.15) is 0 Å². The molecule has 0 radical (unpaired) electrons. The number of carbonyl (C=O) groups is 2. The molecule has 4 aromatic rings. The van der Waals surface area contributed by atoms with Crippen molar-refractivity contribution in [3.63, 3.8) is 0 Å². The molecule has 7 heteroatoms. The number of carbonyl (C=O) groups excluding carboxylic acids is 2. The van der Waals surface area contributed by atoms with E-state index in [9.17, 15) is 14.0 Å². The van der Waals surface area contributed by atoms with Crippen LogP contribution in [-0.4, -0.2) is 46.4 Å². The molecule has 0 aliphatic heterocycles. The number of rotatable bonds is 12. The lowest BCUT2D eigenvalue weighted by Gasteiger charge is -2.29. The van der Waals surface area contributed by atoms with Crippen molar-refractivity contribution in [2.45, 2.75) is 33.5 Å². The maximum atomic E-state index is 13.9. The molecule has 0 aliphatic carbocycles. The molecule has 208 valence electrons. The molecule has 0 saturated heterocycles. The van der Waals surface area contributed by atoms with Crippen molar-refractivity contribution in [1.82, 2.24) is 14.4 Å². The van der Waals surface area contributed by atoms with Crippen LogP contribution in [-0.2, 0) is 24.4 Å². The van der Waals surface area contributed by atoms with Crippen molar-refractivity contribution in [3.8, 4) is 5.75 Å². The number of benzene rings is 3. The molecule has 0 fully saturated rings. The summed E-state index contributed by atoms with van der Waals surface area (Å²) in [5.41, 5.74) is 3.40. The van der Waals surface area contributed by atoms with Gasteiger partial charge in [0.15, 0.2) is 0 Å². The number of hydrogen-bond donors (Lipinski definition) is 0.